The van der Waals surface area contributed by atoms with Crippen LogP contribution in [-0.4, -0.2) is 17.7 Å². The number of aromatic hydroxyl groups is 1. The first-order valence-corrected chi connectivity index (χ1v) is 6.02. The fourth-order valence-electron chi connectivity index (χ4n) is 1.75. The maximum atomic E-state index is 11.2. The maximum Gasteiger partial charge on any atom is 0.306 e. The molecule has 0 radical (unpaired) electrons. The average Bonchev–Trinajstić information content (AvgIpc) is 2.27. The molecular formula is C14H20O3. The highest BCUT2D eigenvalue weighted by molar-refractivity contribution is 5.69. The van der Waals surface area contributed by atoms with E-state index in [-0.39, 0.29) is 11.9 Å². The number of carbonyl (C=O) groups excluding carboxylic acids is 1. The summed E-state index contributed by atoms with van der Waals surface area (Å²) in [7, 11) is 0. The van der Waals surface area contributed by atoms with Crippen molar-refractivity contribution >= 4 is 5.97 Å². The number of esters is 1. The zero-order chi connectivity index (χ0) is 12.8. The van der Waals surface area contributed by atoms with Gasteiger partial charge in [0.05, 0.1) is 6.61 Å². The molecule has 0 saturated heterocycles. The van der Waals surface area contributed by atoms with Crippen LogP contribution in [0.3, 0.4) is 0 Å². The van der Waals surface area contributed by atoms with Gasteiger partial charge in [-0.15, -0.1) is 0 Å². The topological polar surface area (TPSA) is 46.5 Å². The Morgan fingerprint density at radius 3 is 2.71 bits per heavy atom. The first kappa shape index (κ1) is 13.6. The van der Waals surface area contributed by atoms with Gasteiger partial charge in [0.2, 0.25) is 0 Å². The lowest BCUT2D eigenvalue weighted by molar-refractivity contribution is -0.143. The number of hydrogen-bond acceptors (Lipinski definition) is 3. The van der Waals surface area contributed by atoms with Crippen molar-refractivity contribution in [2.24, 2.45) is 0 Å². The Morgan fingerprint density at radius 2 is 2.12 bits per heavy atom. The van der Waals surface area contributed by atoms with Crippen LogP contribution < -0.4 is 0 Å². The second-order valence-corrected chi connectivity index (χ2v) is 4.31. The number of rotatable bonds is 5. The minimum absolute atomic E-state index is 0.221. The van der Waals surface area contributed by atoms with E-state index < -0.39 is 0 Å². The predicted octanol–water partition coefficient (Wildman–Crippen LogP) is 3.01. The first-order valence-electron chi connectivity index (χ1n) is 6.02. The van der Waals surface area contributed by atoms with Crippen molar-refractivity contribution < 1.29 is 14.6 Å². The fraction of sp³-hybridized carbons (Fsp3) is 0.500. The third-order valence-corrected chi connectivity index (χ3v) is 2.68. The molecule has 0 heterocycles. The lowest BCUT2D eigenvalue weighted by atomic mass is 9.97. The molecule has 0 saturated carbocycles. The van der Waals surface area contributed by atoms with Gasteiger partial charge in [-0.2, -0.15) is 0 Å². The van der Waals surface area contributed by atoms with E-state index in [1.807, 2.05) is 32.0 Å². The summed E-state index contributed by atoms with van der Waals surface area (Å²) >= 11 is 0. The highest BCUT2D eigenvalue weighted by atomic mass is 16.5. The molecule has 0 aliphatic carbocycles. The molecule has 0 aliphatic rings. The van der Waals surface area contributed by atoms with Crippen LogP contribution in [0.15, 0.2) is 18.2 Å². The van der Waals surface area contributed by atoms with Crippen molar-refractivity contribution in [2.75, 3.05) is 6.61 Å². The van der Waals surface area contributed by atoms with Gasteiger partial charge >= 0.3 is 5.97 Å². The van der Waals surface area contributed by atoms with Gasteiger partial charge in [-0.1, -0.05) is 32.0 Å². The van der Waals surface area contributed by atoms with Crippen molar-refractivity contribution in [1.82, 2.24) is 0 Å². The summed E-state index contributed by atoms with van der Waals surface area (Å²) < 4.78 is 4.86. The highest BCUT2D eigenvalue weighted by Gasteiger charge is 2.11. The van der Waals surface area contributed by atoms with Gasteiger partial charge in [0, 0.05) is 6.42 Å². The molecule has 3 nitrogen and oxygen atoms in total. The Hall–Kier alpha value is -1.51. The molecule has 3 heteroatoms. The number of aryl methyl sites for hydroxylation is 1. The number of benzene rings is 1. The summed E-state index contributed by atoms with van der Waals surface area (Å²) in [5.41, 5.74) is 1.73. The molecule has 1 rings (SSSR count). The summed E-state index contributed by atoms with van der Waals surface area (Å²) in [5, 5.41) is 10.0. The van der Waals surface area contributed by atoms with Gasteiger partial charge in [-0.25, -0.2) is 0 Å². The molecule has 0 aliphatic heterocycles. The number of hydrogen-bond donors (Lipinski definition) is 1. The molecule has 17 heavy (non-hydrogen) atoms. The minimum Gasteiger partial charge on any atom is -0.507 e. The molecule has 0 unspecified atom stereocenters. The number of para-hydroxylation sites is 1. The van der Waals surface area contributed by atoms with Crippen LogP contribution in [0.5, 0.6) is 5.75 Å². The van der Waals surface area contributed by atoms with Gasteiger partial charge in [0.15, 0.2) is 0 Å². The van der Waals surface area contributed by atoms with E-state index >= 15 is 0 Å². The van der Waals surface area contributed by atoms with E-state index in [0.29, 0.717) is 25.2 Å². The molecule has 0 bridgehead atoms. The van der Waals surface area contributed by atoms with Gasteiger partial charge in [0.1, 0.15) is 5.75 Å². The molecule has 1 aromatic carbocycles. The van der Waals surface area contributed by atoms with E-state index in [1.54, 1.807) is 6.92 Å². The van der Waals surface area contributed by atoms with E-state index in [9.17, 15) is 9.90 Å². The molecule has 0 atom stereocenters. The third kappa shape index (κ3) is 3.77. The number of phenolic OH excluding ortho intramolecular Hbond substituents is 1. The van der Waals surface area contributed by atoms with Crippen LogP contribution in [0.4, 0.5) is 0 Å². The molecule has 0 aromatic heterocycles. The zero-order valence-electron chi connectivity index (χ0n) is 10.7. The second-order valence-electron chi connectivity index (χ2n) is 4.31. The van der Waals surface area contributed by atoms with E-state index in [4.69, 9.17) is 4.74 Å². The molecule has 0 fully saturated rings. The summed E-state index contributed by atoms with van der Waals surface area (Å²) in [5.74, 6) is 0.367. The normalized spacial score (nSPS) is 10.6. The zero-order valence-corrected chi connectivity index (χ0v) is 10.7. The standard InChI is InChI=1S/C14H20O3/c1-4-17-13(15)9-8-11-6-5-7-12(10(2)3)14(11)16/h5-7,10,16H,4,8-9H2,1-3H3. The van der Waals surface area contributed by atoms with Gasteiger partial charge in [-0.3, -0.25) is 4.79 Å². The maximum absolute atomic E-state index is 11.2. The summed E-state index contributed by atoms with van der Waals surface area (Å²) in [4.78, 5) is 11.2. The lowest BCUT2D eigenvalue weighted by Crippen LogP contribution is -2.05. The molecule has 0 amide bonds. The van der Waals surface area contributed by atoms with Crippen LogP contribution in [0, 0.1) is 0 Å². The molecular weight excluding hydrogens is 216 g/mol. The number of carbonyl (C=O) groups is 1. The van der Waals surface area contributed by atoms with Crippen molar-refractivity contribution in [3.63, 3.8) is 0 Å². The molecule has 0 spiro atoms. The smallest absolute Gasteiger partial charge is 0.306 e. The molecule has 1 aromatic rings. The van der Waals surface area contributed by atoms with Crippen LogP contribution in [-0.2, 0) is 16.0 Å². The summed E-state index contributed by atoms with van der Waals surface area (Å²) in [6.45, 7) is 6.25. The average molecular weight is 236 g/mol. The van der Waals surface area contributed by atoms with Crippen molar-refractivity contribution in [3.05, 3.63) is 29.3 Å². The van der Waals surface area contributed by atoms with E-state index in [0.717, 1.165) is 11.1 Å². The van der Waals surface area contributed by atoms with Crippen molar-refractivity contribution in [2.45, 2.75) is 39.5 Å². The summed E-state index contributed by atoms with van der Waals surface area (Å²) in [6, 6.07) is 5.67. The number of ether oxygens (including phenoxy) is 1. The van der Waals surface area contributed by atoms with Gasteiger partial charge in [0.25, 0.3) is 0 Å². The summed E-state index contributed by atoms with van der Waals surface area (Å²) in [6.07, 6.45) is 0.828. The first-order chi connectivity index (χ1) is 8.06. The quantitative estimate of drug-likeness (QED) is 0.799. The Labute approximate surface area is 102 Å². The minimum atomic E-state index is -0.221. The Bertz CT molecular complexity index is 383. The van der Waals surface area contributed by atoms with Crippen LogP contribution >= 0.6 is 0 Å². The van der Waals surface area contributed by atoms with Crippen molar-refractivity contribution in [3.8, 4) is 5.75 Å². The highest BCUT2D eigenvalue weighted by Crippen LogP contribution is 2.29. The molecule has 94 valence electrons. The SMILES string of the molecule is CCOC(=O)CCc1cccc(C(C)C)c1O. The Kier molecular flexibility index (Phi) is 5.01. The monoisotopic (exact) mass is 236 g/mol. The van der Waals surface area contributed by atoms with E-state index in [2.05, 4.69) is 0 Å². The second kappa shape index (κ2) is 6.28. The lowest BCUT2D eigenvalue weighted by Gasteiger charge is -2.12. The van der Waals surface area contributed by atoms with Gasteiger partial charge < -0.3 is 9.84 Å². The largest absolute Gasteiger partial charge is 0.507 e. The fourth-order valence-corrected chi connectivity index (χ4v) is 1.75. The van der Waals surface area contributed by atoms with Crippen LogP contribution in [0.1, 0.15) is 44.2 Å². The molecule has 1 N–H and O–H groups in total. The van der Waals surface area contributed by atoms with Crippen LogP contribution in [0.2, 0.25) is 0 Å². The number of phenols is 1. The predicted molar refractivity (Wildman–Crippen MR) is 67.1 cm³/mol. The van der Waals surface area contributed by atoms with Crippen LogP contribution in [0.25, 0.3) is 0 Å². The van der Waals surface area contributed by atoms with Gasteiger partial charge in [-0.05, 0) is 30.4 Å². The van der Waals surface area contributed by atoms with Crippen molar-refractivity contribution in [1.29, 1.82) is 0 Å². The Morgan fingerprint density at radius 1 is 1.41 bits per heavy atom. The Balaban J connectivity index is 2.72. The third-order valence-electron chi connectivity index (χ3n) is 2.68. The van der Waals surface area contributed by atoms with E-state index in [1.165, 1.54) is 0 Å².